The fourth-order valence-corrected chi connectivity index (χ4v) is 1.81. The van der Waals surface area contributed by atoms with E-state index in [0.717, 1.165) is 5.69 Å². The molecule has 1 N–H and O–H groups in total. The normalized spacial score (nSPS) is 12.2. The van der Waals surface area contributed by atoms with E-state index in [-0.39, 0.29) is 11.3 Å². The summed E-state index contributed by atoms with van der Waals surface area (Å²) in [7, 11) is 1.39. The molecule has 3 nitrogen and oxygen atoms in total. The second-order valence-corrected chi connectivity index (χ2v) is 4.00. The Hall–Kier alpha value is -1.94. The van der Waals surface area contributed by atoms with Crippen LogP contribution >= 0.6 is 0 Å². The average Bonchev–Trinajstić information content (AvgIpc) is 2.38. The van der Waals surface area contributed by atoms with Crippen LogP contribution in [0.25, 0.3) is 0 Å². The molecule has 1 aromatic heterocycles. The lowest BCUT2D eigenvalue weighted by Crippen LogP contribution is -2.04. The smallest absolute Gasteiger partial charge is 0.171 e. The summed E-state index contributed by atoms with van der Waals surface area (Å²) >= 11 is 0. The van der Waals surface area contributed by atoms with Crippen molar-refractivity contribution in [1.29, 1.82) is 0 Å². The van der Waals surface area contributed by atoms with Gasteiger partial charge >= 0.3 is 0 Å². The Balaban J connectivity index is 2.43. The van der Waals surface area contributed by atoms with Gasteiger partial charge in [-0.15, -0.1) is 0 Å². The summed E-state index contributed by atoms with van der Waals surface area (Å²) in [5.41, 5.74) is 1.57. The third-order valence-corrected chi connectivity index (χ3v) is 2.74. The average molecular weight is 247 g/mol. The Labute approximate surface area is 105 Å². The molecule has 2 aromatic rings. The van der Waals surface area contributed by atoms with Crippen LogP contribution in [0.15, 0.2) is 36.5 Å². The van der Waals surface area contributed by atoms with Gasteiger partial charge in [-0.05, 0) is 30.7 Å². The van der Waals surface area contributed by atoms with Crippen LogP contribution in [0.5, 0.6) is 5.75 Å². The first-order chi connectivity index (χ1) is 8.63. The SMILES string of the molecule is COc1cccc(C(O)c2ccnc(C)c2)c1F. The minimum absolute atomic E-state index is 0.123. The van der Waals surface area contributed by atoms with Crippen molar-refractivity contribution in [3.05, 3.63) is 59.2 Å². The van der Waals surface area contributed by atoms with Gasteiger partial charge in [-0.1, -0.05) is 12.1 Å². The van der Waals surface area contributed by atoms with Crippen LogP contribution < -0.4 is 4.74 Å². The van der Waals surface area contributed by atoms with E-state index in [4.69, 9.17) is 4.74 Å². The highest BCUT2D eigenvalue weighted by Gasteiger charge is 2.17. The zero-order valence-corrected chi connectivity index (χ0v) is 10.2. The molecule has 18 heavy (non-hydrogen) atoms. The van der Waals surface area contributed by atoms with Crippen molar-refractivity contribution in [2.45, 2.75) is 13.0 Å². The Kier molecular flexibility index (Phi) is 3.58. The van der Waals surface area contributed by atoms with Gasteiger partial charge in [-0.3, -0.25) is 4.98 Å². The lowest BCUT2D eigenvalue weighted by atomic mass is 10.0. The lowest BCUT2D eigenvalue weighted by Gasteiger charge is -2.14. The number of pyridine rings is 1. The molecule has 0 radical (unpaired) electrons. The van der Waals surface area contributed by atoms with Crippen molar-refractivity contribution >= 4 is 0 Å². The van der Waals surface area contributed by atoms with Gasteiger partial charge in [0.1, 0.15) is 6.10 Å². The number of ether oxygens (including phenoxy) is 1. The fourth-order valence-electron chi connectivity index (χ4n) is 1.81. The Morgan fingerprint density at radius 3 is 2.78 bits per heavy atom. The molecule has 0 spiro atoms. The largest absolute Gasteiger partial charge is 0.494 e. The van der Waals surface area contributed by atoms with E-state index in [2.05, 4.69) is 4.98 Å². The van der Waals surface area contributed by atoms with Gasteiger partial charge in [-0.2, -0.15) is 0 Å². The van der Waals surface area contributed by atoms with Crippen molar-refractivity contribution in [2.24, 2.45) is 0 Å². The Morgan fingerprint density at radius 2 is 2.11 bits per heavy atom. The molecule has 1 aromatic carbocycles. The minimum atomic E-state index is -1.03. The molecule has 1 atom stereocenters. The summed E-state index contributed by atoms with van der Waals surface area (Å²) < 4.78 is 18.9. The minimum Gasteiger partial charge on any atom is -0.494 e. The number of aromatic nitrogens is 1. The number of halogens is 1. The molecule has 1 heterocycles. The molecule has 0 amide bonds. The molecule has 0 saturated carbocycles. The Bertz CT molecular complexity index is 557. The molecule has 0 aliphatic carbocycles. The van der Waals surface area contributed by atoms with Gasteiger partial charge in [0.05, 0.1) is 7.11 Å². The van der Waals surface area contributed by atoms with Crippen LogP contribution in [-0.4, -0.2) is 17.2 Å². The van der Waals surface area contributed by atoms with E-state index < -0.39 is 11.9 Å². The summed E-state index contributed by atoms with van der Waals surface area (Å²) in [4.78, 5) is 4.04. The van der Waals surface area contributed by atoms with E-state index in [9.17, 15) is 9.50 Å². The summed E-state index contributed by atoms with van der Waals surface area (Å²) in [5.74, 6) is -0.417. The van der Waals surface area contributed by atoms with Crippen molar-refractivity contribution < 1.29 is 14.2 Å². The molecule has 0 fully saturated rings. The van der Waals surface area contributed by atoms with E-state index in [1.54, 1.807) is 24.4 Å². The molecule has 0 saturated heterocycles. The maximum Gasteiger partial charge on any atom is 0.171 e. The summed E-state index contributed by atoms with van der Waals surface area (Å²) in [6.45, 7) is 1.82. The third kappa shape index (κ3) is 2.33. The number of rotatable bonds is 3. The standard InChI is InChI=1S/C14H14FNO2/c1-9-8-10(6-7-16-9)14(17)11-4-3-5-12(18-2)13(11)15/h3-8,14,17H,1-2H3. The number of aryl methyl sites for hydroxylation is 1. The van der Waals surface area contributed by atoms with Crippen LogP contribution in [0.1, 0.15) is 22.9 Å². The first kappa shape index (κ1) is 12.5. The first-order valence-electron chi connectivity index (χ1n) is 5.56. The van der Waals surface area contributed by atoms with Crippen LogP contribution in [0.4, 0.5) is 4.39 Å². The first-order valence-corrected chi connectivity index (χ1v) is 5.56. The highest BCUT2D eigenvalue weighted by molar-refractivity contribution is 5.37. The second-order valence-electron chi connectivity index (χ2n) is 4.00. The molecule has 94 valence electrons. The highest BCUT2D eigenvalue weighted by atomic mass is 19.1. The molecule has 2 rings (SSSR count). The zero-order valence-electron chi connectivity index (χ0n) is 10.2. The van der Waals surface area contributed by atoms with Crippen LogP contribution in [0.3, 0.4) is 0 Å². The lowest BCUT2D eigenvalue weighted by molar-refractivity contribution is 0.213. The van der Waals surface area contributed by atoms with Gasteiger partial charge in [0.25, 0.3) is 0 Å². The number of aliphatic hydroxyl groups excluding tert-OH is 1. The monoisotopic (exact) mass is 247 g/mol. The van der Waals surface area contributed by atoms with Gasteiger partial charge in [0.15, 0.2) is 11.6 Å². The highest BCUT2D eigenvalue weighted by Crippen LogP contribution is 2.29. The molecule has 0 bridgehead atoms. The van der Waals surface area contributed by atoms with Crippen LogP contribution in [0, 0.1) is 12.7 Å². The maximum absolute atomic E-state index is 14.0. The number of nitrogens with zero attached hydrogens (tertiary/aromatic N) is 1. The predicted molar refractivity (Wildman–Crippen MR) is 66.0 cm³/mol. The third-order valence-electron chi connectivity index (χ3n) is 2.74. The number of methoxy groups -OCH3 is 1. The molecular formula is C14H14FNO2. The topological polar surface area (TPSA) is 42.4 Å². The van der Waals surface area contributed by atoms with E-state index in [1.165, 1.54) is 19.2 Å². The zero-order chi connectivity index (χ0) is 13.1. The predicted octanol–water partition coefficient (Wildman–Crippen LogP) is 2.62. The number of aliphatic hydroxyl groups is 1. The summed E-state index contributed by atoms with van der Waals surface area (Å²) in [6.07, 6.45) is 0.563. The van der Waals surface area contributed by atoms with Crippen molar-refractivity contribution in [2.75, 3.05) is 7.11 Å². The van der Waals surface area contributed by atoms with Gasteiger partial charge < -0.3 is 9.84 Å². The molecule has 4 heteroatoms. The van der Waals surface area contributed by atoms with Crippen LogP contribution in [0.2, 0.25) is 0 Å². The van der Waals surface area contributed by atoms with E-state index >= 15 is 0 Å². The number of hydrogen-bond acceptors (Lipinski definition) is 3. The van der Waals surface area contributed by atoms with Crippen molar-refractivity contribution in [1.82, 2.24) is 4.98 Å². The van der Waals surface area contributed by atoms with Crippen molar-refractivity contribution in [3.63, 3.8) is 0 Å². The summed E-state index contributed by atoms with van der Waals surface area (Å²) in [6, 6.07) is 8.09. The molecule has 1 unspecified atom stereocenters. The molecular weight excluding hydrogens is 233 g/mol. The number of hydrogen-bond donors (Lipinski definition) is 1. The summed E-state index contributed by atoms with van der Waals surface area (Å²) in [5, 5.41) is 10.2. The molecule has 0 aliphatic heterocycles. The fraction of sp³-hybridized carbons (Fsp3) is 0.214. The van der Waals surface area contributed by atoms with Gasteiger partial charge in [0, 0.05) is 17.5 Å². The van der Waals surface area contributed by atoms with Gasteiger partial charge in [0.2, 0.25) is 0 Å². The van der Waals surface area contributed by atoms with E-state index in [0.29, 0.717) is 5.56 Å². The van der Waals surface area contributed by atoms with Gasteiger partial charge in [-0.25, -0.2) is 4.39 Å². The molecule has 0 aliphatic rings. The van der Waals surface area contributed by atoms with E-state index in [1.807, 2.05) is 6.92 Å². The van der Waals surface area contributed by atoms with Crippen LogP contribution in [-0.2, 0) is 0 Å². The van der Waals surface area contributed by atoms with Crippen molar-refractivity contribution in [3.8, 4) is 5.75 Å². The quantitative estimate of drug-likeness (QED) is 0.906. The second kappa shape index (κ2) is 5.14. The Morgan fingerprint density at radius 1 is 1.33 bits per heavy atom. The maximum atomic E-state index is 14.0. The number of benzene rings is 1.